The smallest absolute Gasteiger partial charge is 0.0587 e. The van der Waals surface area contributed by atoms with E-state index in [1.54, 1.807) is 7.11 Å². The molecule has 0 radical (unpaired) electrons. The molecule has 0 aromatic heterocycles. The predicted octanol–water partition coefficient (Wildman–Crippen LogP) is 1.64. The van der Waals surface area contributed by atoms with Gasteiger partial charge in [-0.2, -0.15) is 0 Å². The van der Waals surface area contributed by atoms with Crippen LogP contribution in [-0.2, 0) is 4.74 Å². The van der Waals surface area contributed by atoms with Crippen molar-refractivity contribution in [3.05, 3.63) is 0 Å². The second-order valence-electron chi connectivity index (χ2n) is 4.19. The monoisotopic (exact) mass is 216 g/mol. The van der Waals surface area contributed by atoms with E-state index in [9.17, 15) is 0 Å². The lowest BCUT2D eigenvalue weighted by molar-refractivity contribution is 0.199. The van der Waals surface area contributed by atoms with Crippen molar-refractivity contribution in [3.8, 4) is 0 Å². The van der Waals surface area contributed by atoms with Gasteiger partial charge in [-0.05, 0) is 38.4 Å². The molecule has 0 aliphatic carbocycles. The van der Waals surface area contributed by atoms with E-state index < -0.39 is 0 Å². The zero-order valence-electron chi connectivity index (χ0n) is 10.6. The molecule has 0 spiro atoms. The maximum atomic E-state index is 4.95. The number of methoxy groups -OCH3 is 1. The summed E-state index contributed by atoms with van der Waals surface area (Å²) in [6, 6.07) is 0. The van der Waals surface area contributed by atoms with E-state index in [-0.39, 0.29) is 0 Å². The van der Waals surface area contributed by atoms with E-state index in [4.69, 9.17) is 4.74 Å². The summed E-state index contributed by atoms with van der Waals surface area (Å²) in [5.74, 6) is 0.816. The van der Waals surface area contributed by atoms with Gasteiger partial charge in [-0.3, -0.25) is 0 Å². The Bertz CT molecular complexity index is 120. The standard InChI is InChI=1S/C12H28N2O/c1-4-6-12(2)11-14-8-5-7-13-9-10-15-3/h12-14H,4-11H2,1-3H3. The van der Waals surface area contributed by atoms with Gasteiger partial charge in [0.1, 0.15) is 0 Å². The third-order valence-corrected chi connectivity index (χ3v) is 2.46. The van der Waals surface area contributed by atoms with E-state index in [1.807, 2.05) is 0 Å². The van der Waals surface area contributed by atoms with Gasteiger partial charge in [0.05, 0.1) is 6.61 Å². The lowest BCUT2D eigenvalue weighted by Crippen LogP contribution is -2.26. The van der Waals surface area contributed by atoms with Crippen LogP contribution in [0.1, 0.15) is 33.1 Å². The number of ether oxygens (including phenoxy) is 1. The molecule has 15 heavy (non-hydrogen) atoms. The topological polar surface area (TPSA) is 33.3 Å². The van der Waals surface area contributed by atoms with Gasteiger partial charge >= 0.3 is 0 Å². The van der Waals surface area contributed by atoms with Crippen LogP contribution in [0.2, 0.25) is 0 Å². The van der Waals surface area contributed by atoms with Crippen molar-refractivity contribution in [2.24, 2.45) is 5.92 Å². The Morgan fingerprint density at radius 1 is 1.13 bits per heavy atom. The van der Waals surface area contributed by atoms with Crippen molar-refractivity contribution in [1.82, 2.24) is 10.6 Å². The second kappa shape index (κ2) is 12.0. The Morgan fingerprint density at radius 2 is 1.87 bits per heavy atom. The van der Waals surface area contributed by atoms with Gasteiger partial charge in [-0.15, -0.1) is 0 Å². The normalized spacial score (nSPS) is 13.0. The maximum Gasteiger partial charge on any atom is 0.0587 e. The second-order valence-corrected chi connectivity index (χ2v) is 4.19. The number of hydrogen-bond acceptors (Lipinski definition) is 3. The molecule has 0 bridgehead atoms. The SMILES string of the molecule is CCCC(C)CNCCCNCCOC. The fourth-order valence-electron chi connectivity index (χ4n) is 1.58. The van der Waals surface area contributed by atoms with Crippen LogP contribution in [0.25, 0.3) is 0 Å². The molecule has 0 aromatic carbocycles. The Morgan fingerprint density at radius 3 is 2.53 bits per heavy atom. The molecular weight excluding hydrogens is 188 g/mol. The number of hydrogen-bond donors (Lipinski definition) is 2. The number of rotatable bonds is 11. The number of nitrogens with one attached hydrogen (secondary N) is 2. The first-order valence-electron chi connectivity index (χ1n) is 6.21. The van der Waals surface area contributed by atoms with Gasteiger partial charge < -0.3 is 15.4 Å². The van der Waals surface area contributed by atoms with Crippen molar-refractivity contribution in [3.63, 3.8) is 0 Å². The summed E-state index contributed by atoms with van der Waals surface area (Å²) < 4.78 is 4.95. The molecule has 0 heterocycles. The minimum absolute atomic E-state index is 0.807. The molecule has 0 aliphatic rings. The third-order valence-electron chi connectivity index (χ3n) is 2.46. The molecule has 0 aromatic rings. The molecule has 0 amide bonds. The fraction of sp³-hybridized carbons (Fsp3) is 1.00. The van der Waals surface area contributed by atoms with Gasteiger partial charge in [0.2, 0.25) is 0 Å². The van der Waals surface area contributed by atoms with Crippen LogP contribution < -0.4 is 10.6 Å². The van der Waals surface area contributed by atoms with Gasteiger partial charge in [-0.1, -0.05) is 20.3 Å². The quantitative estimate of drug-likeness (QED) is 0.515. The highest BCUT2D eigenvalue weighted by Crippen LogP contribution is 2.02. The third kappa shape index (κ3) is 11.8. The maximum absolute atomic E-state index is 4.95. The fourth-order valence-corrected chi connectivity index (χ4v) is 1.58. The first-order valence-corrected chi connectivity index (χ1v) is 6.21. The van der Waals surface area contributed by atoms with Crippen LogP contribution in [0.5, 0.6) is 0 Å². The highest BCUT2D eigenvalue weighted by Gasteiger charge is 1.98. The summed E-state index contributed by atoms with van der Waals surface area (Å²) in [5.41, 5.74) is 0. The van der Waals surface area contributed by atoms with Crippen LogP contribution in [0.15, 0.2) is 0 Å². The van der Waals surface area contributed by atoms with Gasteiger partial charge in [0, 0.05) is 13.7 Å². The first-order chi connectivity index (χ1) is 7.31. The van der Waals surface area contributed by atoms with Crippen molar-refractivity contribution >= 4 is 0 Å². The lowest BCUT2D eigenvalue weighted by Gasteiger charge is -2.11. The summed E-state index contributed by atoms with van der Waals surface area (Å²) in [5, 5.41) is 6.82. The Labute approximate surface area is 95.0 Å². The molecule has 2 N–H and O–H groups in total. The van der Waals surface area contributed by atoms with E-state index in [0.717, 1.165) is 38.7 Å². The van der Waals surface area contributed by atoms with Crippen molar-refractivity contribution < 1.29 is 4.74 Å². The van der Waals surface area contributed by atoms with Crippen molar-refractivity contribution in [2.75, 3.05) is 39.9 Å². The lowest BCUT2D eigenvalue weighted by atomic mass is 10.1. The van der Waals surface area contributed by atoms with Crippen LogP contribution >= 0.6 is 0 Å². The minimum Gasteiger partial charge on any atom is -0.383 e. The van der Waals surface area contributed by atoms with Crippen LogP contribution in [0, 0.1) is 5.92 Å². The average molecular weight is 216 g/mol. The highest BCUT2D eigenvalue weighted by atomic mass is 16.5. The van der Waals surface area contributed by atoms with Crippen molar-refractivity contribution in [1.29, 1.82) is 0 Å². The van der Waals surface area contributed by atoms with Crippen LogP contribution in [0.4, 0.5) is 0 Å². The van der Waals surface area contributed by atoms with Crippen molar-refractivity contribution in [2.45, 2.75) is 33.1 Å². The zero-order valence-corrected chi connectivity index (χ0v) is 10.6. The molecule has 1 atom stereocenters. The molecule has 0 rings (SSSR count). The molecule has 3 nitrogen and oxygen atoms in total. The molecule has 1 unspecified atom stereocenters. The van der Waals surface area contributed by atoms with Gasteiger partial charge in [0.25, 0.3) is 0 Å². The average Bonchev–Trinajstić information content (AvgIpc) is 2.22. The molecular formula is C12H28N2O. The summed E-state index contributed by atoms with van der Waals surface area (Å²) >= 11 is 0. The molecule has 3 heteroatoms. The Balaban J connectivity index is 2.98. The van der Waals surface area contributed by atoms with E-state index in [1.165, 1.54) is 19.3 Å². The summed E-state index contributed by atoms with van der Waals surface area (Å²) in [6.07, 6.45) is 3.82. The largest absolute Gasteiger partial charge is 0.383 e. The van der Waals surface area contributed by atoms with E-state index >= 15 is 0 Å². The first kappa shape index (κ1) is 14.9. The molecule has 0 fully saturated rings. The minimum atomic E-state index is 0.807. The highest BCUT2D eigenvalue weighted by molar-refractivity contribution is 4.57. The van der Waals surface area contributed by atoms with E-state index in [2.05, 4.69) is 24.5 Å². The molecule has 92 valence electrons. The molecule has 0 saturated carbocycles. The zero-order chi connectivity index (χ0) is 11.4. The summed E-state index contributed by atoms with van der Waals surface area (Å²) in [7, 11) is 1.73. The molecule has 0 aliphatic heterocycles. The van der Waals surface area contributed by atoms with Crippen LogP contribution in [0.3, 0.4) is 0 Å². The predicted molar refractivity (Wildman–Crippen MR) is 66.3 cm³/mol. The Hall–Kier alpha value is -0.120. The van der Waals surface area contributed by atoms with Gasteiger partial charge in [0.15, 0.2) is 0 Å². The summed E-state index contributed by atoms with van der Waals surface area (Å²) in [4.78, 5) is 0. The van der Waals surface area contributed by atoms with E-state index in [0.29, 0.717) is 0 Å². The molecule has 0 saturated heterocycles. The van der Waals surface area contributed by atoms with Crippen LogP contribution in [-0.4, -0.2) is 39.9 Å². The Kier molecular flexibility index (Phi) is 11.9. The van der Waals surface area contributed by atoms with Gasteiger partial charge in [-0.25, -0.2) is 0 Å². The summed E-state index contributed by atoms with van der Waals surface area (Å²) in [6.45, 7) is 9.69.